The maximum Gasteiger partial charge on any atom is 0.220 e. The molecule has 3 heteroatoms. The highest BCUT2D eigenvalue weighted by Gasteiger charge is 2.16. The van der Waals surface area contributed by atoms with E-state index in [0.717, 1.165) is 12.8 Å². The summed E-state index contributed by atoms with van der Waals surface area (Å²) in [6.07, 6.45) is 2.75. The zero-order chi connectivity index (χ0) is 11.9. The van der Waals surface area contributed by atoms with E-state index in [2.05, 4.69) is 33.0 Å². The SMILES string of the molecule is CCC(C)CCC(=O)NCC(C)(C)CN. The van der Waals surface area contributed by atoms with Crippen molar-refractivity contribution in [3.8, 4) is 0 Å². The van der Waals surface area contributed by atoms with Crippen LogP contribution in [0.1, 0.15) is 47.0 Å². The summed E-state index contributed by atoms with van der Waals surface area (Å²) in [7, 11) is 0. The number of hydrogen-bond acceptors (Lipinski definition) is 2. The van der Waals surface area contributed by atoms with E-state index in [0.29, 0.717) is 25.4 Å². The van der Waals surface area contributed by atoms with E-state index in [9.17, 15) is 4.79 Å². The van der Waals surface area contributed by atoms with Gasteiger partial charge in [0.25, 0.3) is 0 Å². The molecule has 15 heavy (non-hydrogen) atoms. The predicted octanol–water partition coefficient (Wildman–Crippen LogP) is 1.91. The lowest BCUT2D eigenvalue weighted by molar-refractivity contribution is -0.121. The Balaban J connectivity index is 3.67. The van der Waals surface area contributed by atoms with Crippen LogP contribution in [0.15, 0.2) is 0 Å². The lowest BCUT2D eigenvalue weighted by atomic mass is 9.94. The smallest absolute Gasteiger partial charge is 0.220 e. The van der Waals surface area contributed by atoms with Crippen LogP contribution in [-0.4, -0.2) is 19.0 Å². The average molecular weight is 214 g/mol. The first kappa shape index (κ1) is 14.4. The zero-order valence-electron chi connectivity index (χ0n) is 10.6. The van der Waals surface area contributed by atoms with Crippen LogP contribution in [0, 0.1) is 11.3 Å². The number of carbonyl (C=O) groups excluding carboxylic acids is 1. The van der Waals surface area contributed by atoms with Gasteiger partial charge in [-0.15, -0.1) is 0 Å². The van der Waals surface area contributed by atoms with Crippen molar-refractivity contribution in [1.29, 1.82) is 0 Å². The van der Waals surface area contributed by atoms with Crippen LogP contribution in [0.3, 0.4) is 0 Å². The van der Waals surface area contributed by atoms with Gasteiger partial charge < -0.3 is 11.1 Å². The fourth-order valence-corrected chi connectivity index (χ4v) is 1.08. The minimum Gasteiger partial charge on any atom is -0.356 e. The van der Waals surface area contributed by atoms with Crippen molar-refractivity contribution in [2.24, 2.45) is 17.1 Å². The van der Waals surface area contributed by atoms with Gasteiger partial charge in [0.15, 0.2) is 0 Å². The molecule has 0 fully saturated rings. The van der Waals surface area contributed by atoms with Crippen molar-refractivity contribution in [1.82, 2.24) is 5.32 Å². The Morgan fingerprint density at radius 1 is 1.47 bits per heavy atom. The molecule has 0 aromatic heterocycles. The number of nitrogens with two attached hydrogens (primary N) is 1. The molecule has 0 spiro atoms. The van der Waals surface area contributed by atoms with E-state index >= 15 is 0 Å². The third-order valence-electron chi connectivity index (χ3n) is 2.88. The number of rotatable bonds is 7. The first-order valence-corrected chi connectivity index (χ1v) is 5.88. The number of carbonyl (C=O) groups is 1. The number of hydrogen-bond donors (Lipinski definition) is 2. The van der Waals surface area contributed by atoms with Crippen LogP contribution in [0.4, 0.5) is 0 Å². The minimum atomic E-state index is 0.00598. The van der Waals surface area contributed by atoms with Gasteiger partial charge in [-0.1, -0.05) is 34.1 Å². The Morgan fingerprint density at radius 2 is 2.07 bits per heavy atom. The van der Waals surface area contributed by atoms with E-state index < -0.39 is 0 Å². The molecule has 0 saturated carbocycles. The van der Waals surface area contributed by atoms with Crippen molar-refractivity contribution >= 4 is 5.91 Å². The van der Waals surface area contributed by atoms with Gasteiger partial charge in [-0.2, -0.15) is 0 Å². The van der Waals surface area contributed by atoms with Crippen LogP contribution >= 0.6 is 0 Å². The van der Waals surface area contributed by atoms with Crippen LogP contribution in [0.5, 0.6) is 0 Å². The molecule has 0 aromatic carbocycles. The Bertz CT molecular complexity index is 190. The second kappa shape index (κ2) is 6.83. The van der Waals surface area contributed by atoms with Gasteiger partial charge in [0.05, 0.1) is 0 Å². The van der Waals surface area contributed by atoms with E-state index in [-0.39, 0.29) is 11.3 Å². The molecule has 0 aromatic rings. The lowest BCUT2D eigenvalue weighted by Crippen LogP contribution is -2.38. The van der Waals surface area contributed by atoms with Crippen molar-refractivity contribution in [3.63, 3.8) is 0 Å². The monoisotopic (exact) mass is 214 g/mol. The van der Waals surface area contributed by atoms with Crippen molar-refractivity contribution < 1.29 is 4.79 Å². The third-order valence-corrected chi connectivity index (χ3v) is 2.88. The van der Waals surface area contributed by atoms with E-state index in [1.165, 1.54) is 0 Å². The van der Waals surface area contributed by atoms with Gasteiger partial charge in [-0.05, 0) is 24.3 Å². The predicted molar refractivity (Wildman–Crippen MR) is 64.5 cm³/mol. The van der Waals surface area contributed by atoms with E-state index in [1.54, 1.807) is 0 Å². The highest BCUT2D eigenvalue weighted by atomic mass is 16.1. The highest BCUT2D eigenvalue weighted by molar-refractivity contribution is 5.75. The molecule has 0 aliphatic rings. The summed E-state index contributed by atoms with van der Waals surface area (Å²) in [4.78, 5) is 11.5. The summed E-state index contributed by atoms with van der Waals surface area (Å²) in [5.74, 6) is 0.787. The summed E-state index contributed by atoms with van der Waals surface area (Å²) >= 11 is 0. The normalized spacial score (nSPS) is 13.7. The molecular formula is C12H26N2O. The summed E-state index contributed by atoms with van der Waals surface area (Å²) in [6, 6.07) is 0. The maximum atomic E-state index is 11.5. The third kappa shape index (κ3) is 7.37. The molecule has 1 atom stereocenters. The fourth-order valence-electron chi connectivity index (χ4n) is 1.08. The molecule has 0 saturated heterocycles. The fraction of sp³-hybridized carbons (Fsp3) is 0.917. The first-order valence-electron chi connectivity index (χ1n) is 5.88. The van der Waals surface area contributed by atoms with Gasteiger partial charge in [-0.3, -0.25) is 4.79 Å². The molecule has 0 aliphatic heterocycles. The summed E-state index contributed by atoms with van der Waals surface area (Å²) in [5, 5.41) is 2.93. The van der Waals surface area contributed by atoms with Crippen molar-refractivity contribution in [3.05, 3.63) is 0 Å². The molecule has 90 valence electrons. The molecule has 3 N–H and O–H groups in total. The zero-order valence-corrected chi connectivity index (χ0v) is 10.6. The second-order valence-electron chi connectivity index (χ2n) is 5.20. The Kier molecular flexibility index (Phi) is 6.57. The van der Waals surface area contributed by atoms with Gasteiger partial charge in [0, 0.05) is 13.0 Å². The quantitative estimate of drug-likeness (QED) is 0.680. The van der Waals surface area contributed by atoms with Crippen molar-refractivity contribution in [2.75, 3.05) is 13.1 Å². The van der Waals surface area contributed by atoms with Gasteiger partial charge in [0.1, 0.15) is 0 Å². The topological polar surface area (TPSA) is 55.1 Å². The largest absolute Gasteiger partial charge is 0.356 e. The molecule has 0 aliphatic carbocycles. The second-order valence-corrected chi connectivity index (χ2v) is 5.20. The molecule has 0 rings (SSSR count). The van der Waals surface area contributed by atoms with Crippen LogP contribution < -0.4 is 11.1 Å². The molecule has 1 unspecified atom stereocenters. The summed E-state index contributed by atoms with van der Waals surface area (Å²) < 4.78 is 0. The maximum absolute atomic E-state index is 11.5. The molecule has 0 bridgehead atoms. The standard InChI is InChI=1S/C12H26N2O/c1-5-10(2)6-7-11(15)14-9-12(3,4)8-13/h10H,5-9,13H2,1-4H3,(H,14,15). The van der Waals surface area contributed by atoms with E-state index in [1.807, 2.05) is 0 Å². The molecule has 1 amide bonds. The minimum absolute atomic E-state index is 0.00598. The lowest BCUT2D eigenvalue weighted by Gasteiger charge is -2.22. The first-order chi connectivity index (χ1) is 6.91. The molecular weight excluding hydrogens is 188 g/mol. The summed E-state index contributed by atoms with van der Waals surface area (Å²) in [6.45, 7) is 9.71. The van der Waals surface area contributed by atoms with Crippen LogP contribution in [0.2, 0.25) is 0 Å². The molecule has 3 nitrogen and oxygen atoms in total. The highest BCUT2D eigenvalue weighted by Crippen LogP contribution is 2.11. The van der Waals surface area contributed by atoms with Gasteiger partial charge in [-0.25, -0.2) is 0 Å². The van der Waals surface area contributed by atoms with Gasteiger partial charge >= 0.3 is 0 Å². The molecule has 0 radical (unpaired) electrons. The summed E-state index contributed by atoms with van der Waals surface area (Å²) in [5.41, 5.74) is 5.59. The molecule has 0 heterocycles. The van der Waals surface area contributed by atoms with Crippen LogP contribution in [-0.2, 0) is 4.79 Å². The Hall–Kier alpha value is -0.570. The van der Waals surface area contributed by atoms with Crippen LogP contribution in [0.25, 0.3) is 0 Å². The van der Waals surface area contributed by atoms with Gasteiger partial charge in [0.2, 0.25) is 5.91 Å². The Morgan fingerprint density at radius 3 is 2.53 bits per heavy atom. The average Bonchev–Trinajstić information content (AvgIpc) is 2.23. The number of amides is 1. The van der Waals surface area contributed by atoms with E-state index in [4.69, 9.17) is 5.73 Å². The number of nitrogens with one attached hydrogen (secondary N) is 1. The Labute approximate surface area is 93.8 Å². The van der Waals surface area contributed by atoms with Crippen molar-refractivity contribution in [2.45, 2.75) is 47.0 Å².